The predicted molar refractivity (Wildman–Crippen MR) is 50.5 cm³/mol. The van der Waals surface area contributed by atoms with Gasteiger partial charge in [-0.25, -0.2) is 18.4 Å². The van der Waals surface area contributed by atoms with Crippen LogP contribution in [0.3, 0.4) is 0 Å². The molecule has 0 bridgehead atoms. The zero-order valence-electron chi connectivity index (χ0n) is 7.64. The van der Waals surface area contributed by atoms with Crippen molar-refractivity contribution in [2.45, 2.75) is 13.1 Å². The van der Waals surface area contributed by atoms with Crippen molar-refractivity contribution in [3.05, 3.63) is 17.5 Å². The molecule has 1 aromatic heterocycles. The molecule has 1 aliphatic rings. The highest BCUT2D eigenvalue weighted by atomic mass is 32.2. The summed E-state index contributed by atoms with van der Waals surface area (Å²) in [5.41, 5.74) is 6.92. The summed E-state index contributed by atoms with van der Waals surface area (Å²) in [6.07, 6.45) is 2.75. The van der Waals surface area contributed by atoms with Gasteiger partial charge in [0.05, 0.1) is 18.5 Å². The van der Waals surface area contributed by atoms with E-state index >= 15 is 0 Å². The van der Waals surface area contributed by atoms with Crippen molar-refractivity contribution in [3.63, 3.8) is 0 Å². The molecule has 0 aromatic carbocycles. The lowest BCUT2D eigenvalue weighted by Gasteiger charge is -2.09. The highest BCUT2D eigenvalue weighted by Crippen LogP contribution is 2.22. The molecule has 0 radical (unpaired) electrons. The van der Waals surface area contributed by atoms with E-state index in [0.717, 1.165) is 5.56 Å². The van der Waals surface area contributed by atoms with E-state index in [-0.39, 0.29) is 5.95 Å². The zero-order chi connectivity index (χ0) is 10.3. The summed E-state index contributed by atoms with van der Waals surface area (Å²) in [5.74, 6) is 0.180. The quantitative estimate of drug-likeness (QED) is 0.670. The van der Waals surface area contributed by atoms with Gasteiger partial charge in [-0.3, -0.25) is 0 Å². The van der Waals surface area contributed by atoms with Crippen molar-refractivity contribution in [1.29, 1.82) is 0 Å². The Hall–Kier alpha value is -1.21. The third kappa shape index (κ3) is 1.55. The van der Waals surface area contributed by atoms with Crippen LogP contribution < -0.4 is 5.73 Å². The van der Waals surface area contributed by atoms with Crippen molar-refractivity contribution in [2.75, 3.05) is 12.0 Å². The number of rotatable bonds is 1. The predicted octanol–water partition coefficient (Wildman–Crippen LogP) is -0.666. The molecule has 0 saturated carbocycles. The lowest BCUT2D eigenvalue weighted by atomic mass is 10.3. The molecule has 0 aliphatic carbocycles. The maximum absolute atomic E-state index is 11.2. The van der Waals surface area contributed by atoms with E-state index in [9.17, 15) is 8.42 Å². The fourth-order valence-electron chi connectivity index (χ4n) is 1.37. The molecular formula is C7H10N4O2S. The molecule has 2 rings (SSSR count). The molecule has 1 aromatic rings. The lowest BCUT2D eigenvalue weighted by Crippen LogP contribution is -2.23. The molecule has 1 aliphatic heterocycles. The molecule has 0 fully saturated rings. The van der Waals surface area contributed by atoms with Crippen molar-refractivity contribution in [2.24, 2.45) is 0 Å². The minimum atomic E-state index is -3.16. The Balaban J connectivity index is 2.35. The summed E-state index contributed by atoms with van der Waals surface area (Å²) in [4.78, 5) is 7.79. The molecule has 76 valence electrons. The van der Waals surface area contributed by atoms with Gasteiger partial charge in [-0.05, 0) is 0 Å². The lowest BCUT2D eigenvalue weighted by molar-refractivity contribution is 0.434. The van der Waals surface area contributed by atoms with Gasteiger partial charge in [0.25, 0.3) is 0 Å². The number of aromatic nitrogens is 2. The largest absolute Gasteiger partial charge is 0.368 e. The van der Waals surface area contributed by atoms with E-state index in [1.54, 1.807) is 6.20 Å². The van der Waals surface area contributed by atoms with Gasteiger partial charge in [-0.1, -0.05) is 0 Å². The van der Waals surface area contributed by atoms with E-state index < -0.39 is 10.0 Å². The molecule has 0 unspecified atom stereocenters. The van der Waals surface area contributed by atoms with Crippen molar-refractivity contribution in [3.8, 4) is 0 Å². The van der Waals surface area contributed by atoms with E-state index in [1.807, 2.05) is 0 Å². The Morgan fingerprint density at radius 3 is 2.86 bits per heavy atom. The molecule has 0 saturated heterocycles. The fraction of sp³-hybridized carbons (Fsp3) is 0.429. The molecule has 2 heterocycles. The topological polar surface area (TPSA) is 89.2 Å². The highest BCUT2D eigenvalue weighted by molar-refractivity contribution is 7.88. The van der Waals surface area contributed by atoms with Crippen LogP contribution in [-0.4, -0.2) is 28.9 Å². The number of anilines is 1. The second kappa shape index (κ2) is 2.89. The van der Waals surface area contributed by atoms with E-state index in [0.29, 0.717) is 18.8 Å². The Labute approximate surface area is 81.8 Å². The standard InChI is InChI=1S/C7H10N4O2S/c1-14(12,13)11-3-5-2-9-7(8)10-6(5)4-11/h2H,3-4H2,1H3,(H2,8,9,10). The van der Waals surface area contributed by atoms with Crippen LogP contribution >= 0.6 is 0 Å². The van der Waals surface area contributed by atoms with Gasteiger partial charge in [-0.15, -0.1) is 0 Å². The first-order valence-corrected chi connectivity index (χ1v) is 5.87. The molecule has 0 spiro atoms. The Kier molecular flexibility index (Phi) is 1.93. The molecule has 14 heavy (non-hydrogen) atoms. The Bertz CT molecular complexity index is 471. The first-order valence-electron chi connectivity index (χ1n) is 4.02. The summed E-state index contributed by atoms with van der Waals surface area (Å²) < 4.78 is 23.8. The highest BCUT2D eigenvalue weighted by Gasteiger charge is 2.27. The second-order valence-corrected chi connectivity index (χ2v) is 5.21. The van der Waals surface area contributed by atoms with Crippen LogP contribution in [0, 0.1) is 0 Å². The summed E-state index contributed by atoms with van der Waals surface area (Å²) in [7, 11) is -3.16. The monoisotopic (exact) mass is 214 g/mol. The number of sulfonamides is 1. The molecule has 2 N–H and O–H groups in total. The molecule has 6 nitrogen and oxygen atoms in total. The van der Waals surface area contributed by atoms with Gasteiger partial charge in [0.2, 0.25) is 16.0 Å². The van der Waals surface area contributed by atoms with Gasteiger partial charge in [-0.2, -0.15) is 4.31 Å². The molecule has 0 amide bonds. The van der Waals surface area contributed by atoms with Crippen LogP contribution in [0.25, 0.3) is 0 Å². The van der Waals surface area contributed by atoms with Crippen LogP contribution in [-0.2, 0) is 23.1 Å². The van der Waals surface area contributed by atoms with Gasteiger partial charge in [0.15, 0.2) is 0 Å². The average Bonchev–Trinajstić information content (AvgIpc) is 2.45. The van der Waals surface area contributed by atoms with Gasteiger partial charge in [0.1, 0.15) is 0 Å². The van der Waals surface area contributed by atoms with Crippen LogP contribution in [0.4, 0.5) is 5.95 Å². The van der Waals surface area contributed by atoms with Crippen LogP contribution in [0.2, 0.25) is 0 Å². The Morgan fingerprint density at radius 1 is 1.50 bits per heavy atom. The van der Waals surface area contributed by atoms with Crippen molar-refractivity contribution < 1.29 is 8.42 Å². The van der Waals surface area contributed by atoms with E-state index in [1.165, 1.54) is 10.6 Å². The van der Waals surface area contributed by atoms with E-state index in [4.69, 9.17) is 5.73 Å². The third-order valence-electron chi connectivity index (χ3n) is 2.11. The van der Waals surface area contributed by atoms with Crippen LogP contribution in [0.15, 0.2) is 6.20 Å². The smallest absolute Gasteiger partial charge is 0.220 e. The summed E-state index contributed by atoms with van der Waals surface area (Å²) >= 11 is 0. The second-order valence-electron chi connectivity index (χ2n) is 3.23. The Morgan fingerprint density at radius 2 is 2.21 bits per heavy atom. The normalized spacial score (nSPS) is 16.9. The minimum Gasteiger partial charge on any atom is -0.368 e. The van der Waals surface area contributed by atoms with Gasteiger partial charge >= 0.3 is 0 Å². The summed E-state index contributed by atoms with van der Waals surface area (Å²) in [6.45, 7) is 0.634. The fourth-order valence-corrected chi connectivity index (χ4v) is 2.10. The number of fused-ring (bicyclic) bond motifs is 1. The number of nitrogens with two attached hydrogens (primary N) is 1. The third-order valence-corrected chi connectivity index (χ3v) is 3.31. The first kappa shape index (κ1) is 9.35. The summed E-state index contributed by atoms with van der Waals surface area (Å²) in [5, 5.41) is 0. The SMILES string of the molecule is CS(=O)(=O)N1Cc2cnc(N)nc2C1. The maximum Gasteiger partial charge on any atom is 0.220 e. The average molecular weight is 214 g/mol. The van der Waals surface area contributed by atoms with Crippen molar-refractivity contribution >= 4 is 16.0 Å². The first-order chi connectivity index (χ1) is 6.47. The van der Waals surface area contributed by atoms with Crippen molar-refractivity contribution in [1.82, 2.24) is 14.3 Å². The number of nitrogens with zero attached hydrogens (tertiary/aromatic N) is 3. The number of nitrogen functional groups attached to an aromatic ring is 1. The van der Waals surface area contributed by atoms with Gasteiger partial charge < -0.3 is 5.73 Å². The molecule has 0 atom stereocenters. The molecular weight excluding hydrogens is 204 g/mol. The zero-order valence-corrected chi connectivity index (χ0v) is 8.45. The molecule has 7 heteroatoms. The van der Waals surface area contributed by atoms with E-state index in [2.05, 4.69) is 9.97 Å². The number of hydrogen-bond acceptors (Lipinski definition) is 5. The maximum atomic E-state index is 11.2. The van der Waals surface area contributed by atoms with Gasteiger partial charge in [0, 0.05) is 18.3 Å². The van der Waals surface area contributed by atoms with Crippen LogP contribution in [0.1, 0.15) is 11.3 Å². The number of hydrogen-bond donors (Lipinski definition) is 1. The summed E-state index contributed by atoms with van der Waals surface area (Å²) in [6, 6.07) is 0. The van der Waals surface area contributed by atoms with Crippen LogP contribution in [0.5, 0.6) is 0 Å². The minimum absolute atomic E-state index is 0.180.